The summed E-state index contributed by atoms with van der Waals surface area (Å²) in [4.78, 5) is 26.7. The van der Waals surface area contributed by atoms with Gasteiger partial charge in [0, 0.05) is 55.0 Å². The second-order valence-corrected chi connectivity index (χ2v) is 8.50. The van der Waals surface area contributed by atoms with Gasteiger partial charge in [-0.1, -0.05) is 35.9 Å². The van der Waals surface area contributed by atoms with E-state index >= 15 is 0 Å². The molecular formula is C28H28N4O2. The number of hydrogen-bond acceptors (Lipinski definition) is 5. The van der Waals surface area contributed by atoms with Gasteiger partial charge in [0.1, 0.15) is 11.6 Å². The molecule has 0 aliphatic carbocycles. The van der Waals surface area contributed by atoms with Gasteiger partial charge in [-0.25, -0.2) is 9.97 Å². The summed E-state index contributed by atoms with van der Waals surface area (Å²) in [6.07, 6.45) is 1.80. The lowest BCUT2D eigenvalue weighted by molar-refractivity contribution is 0.0746. The van der Waals surface area contributed by atoms with E-state index in [1.807, 2.05) is 54.3 Å². The lowest BCUT2D eigenvalue weighted by atomic mass is 10.0. The Bertz CT molecular complexity index is 1300. The Kier molecular flexibility index (Phi) is 6.12. The van der Waals surface area contributed by atoms with Crippen molar-refractivity contribution < 1.29 is 9.53 Å². The number of carbonyl (C=O) groups excluding carboxylic acids is 1. The first-order valence-electron chi connectivity index (χ1n) is 11.7. The predicted molar refractivity (Wildman–Crippen MR) is 135 cm³/mol. The minimum Gasteiger partial charge on any atom is -0.493 e. The molecule has 2 aromatic heterocycles. The van der Waals surface area contributed by atoms with Gasteiger partial charge in [0.15, 0.2) is 0 Å². The van der Waals surface area contributed by atoms with Crippen molar-refractivity contribution in [1.29, 1.82) is 0 Å². The molecule has 34 heavy (non-hydrogen) atoms. The minimum absolute atomic E-state index is 0.0348. The number of nitrogens with zero attached hydrogens (tertiary/aromatic N) is 4. The monoisotopic (exact) mass is 452 g/mol. The van der Waals surface area contributed by atoms with E-state index in [1.54, 1.807) is 6.20 Å². The van der Waals surface area contributed by atoms with Crippen molar-refractivity contribution in [3.63, 3.8) is 0 Å². The smallest absolute Gasteiger partial charge is 0.254 e. The predicted octanol–water partition coefficient (Wildman–Crippen LogP) is 4.97. The van der Waals surface area contributed by atoms with Gasteiger partial charge in [0.2, 0.25) is 0 Å². The highest BCUT2D eigenvalue weighted by Crippen LogP contribution is 2.31. The van der Waals surface area contributed by atoms with Crippen LogP contribution in [0, 0.1) is 6.92 Å². The average molecular weight is 453 g/mol. The number of benzene rings is 2. The Labute approximate surface area is 199 Å². The lowest BCUT2D eigenvalue weighted by Crippen LogP contribution is -2.49. The number of aromatic nitrogens is 2. The first-order chi connectivity index (χ1) is 16.6. The summed E-state index contributed by atoms with van der Waals surface area (Å²) in [5.74, 6) is 1.74. The molecule has 2 aromatic carbocycles. The molecule has 5 rings (SSSR count). The van der Waals surface area contributed by atoms with Crippen LogP contribution in [0.3, 0.4) is 0 Å². The fraction of sp³-hybridized carbons (Fsp3) is 0.250. The molecule has 0 atom stereocenters. The summed E-state index contributed by atoms with van der Waals surface area (Å²) in [5.41, 5.74) is 4.58. The third-order valence-electron chi connectivity index (χ3n) is 6.21. The molecule has 0 radical (unpaired) electrons. The molecule has 1 aliphatic rings. The van der Waals surface area contributed by atoms with Gasteiger partial charge in [-0.2, -0.15) is 0 Å². The molecule has 1 amide bonds. The van der Waals surface area contributed by atoms with E-state index in [9.17, 15) is 4.79 Å². The number of pyridine rings is 2. The number of amides is 1. The first-order valence-corrected chi connectivity index (χ1v) is 11.7. The summed E-state index contributed by atoms with van der Waals surface area (Å²) < 4.78 is 5.97. The summed E-state index contributed by atoms with van der Waals surface area (Å²) in [7, 11) is 0. The Morgan fingerprint density at radius 2 is 1.76 bits per heavy atom. The molecule has 172 valence electrons. The molecule has 0 spiro atoms. The maximum Gasteiger partial charge on any atom is 0.254 e. The zero-order chi connectivity index (χ0) is 23.5. The molecule has 4 aromatic rings. The molecule has 0 saturated carbocycles. The van der Waals surface area contributed by atoms with Crippen LogP contribution in [0.15, 0.2) is 72.9 Å². The molecule has 0 unspecified atom stereocenters. The van der Waals surface area contributed by atoms with Crippen molar-refractivity contribution >= 4 is 22.6 Å². The SMILES string of the molecule is CCOc1cc(-c2ccc(C)cc2)nc2ccc(C(=O)N3CCN(c4ccccn4)CC3)cc12. The van der Waals surface area contributed by atoms with Crippen molar-refractivity contribution in [2.75, 3.05) is 37.7 Å². The van der Waals surface area contributed by atoms with Gasteiger partial charge in [-0.05, 0) is 44.2 Å². The molecular weight excluding hydrogens is 424 g/mol. The fourth-order valence-electron chi connectivity index (χ4n) is 4.34. The standard InChI is InChI=1S/C28H28N4O2/c1-3-34-26-19-25(21-9-7-20(2)8-10-21)30-24-12-11-22(18-23(24)26)28(33)32-16-14-31(15-17-32)27-6-4-5-13-29-27/h4-13,18-19H,3,14-17H2,1-2H3. The quantitative estimate of drug-likeness (QED) is 0.428. The second kappa shape index (κ2) is 9.51. The van der Waals surface area contributed by atoms with Gasteiger partial charge >= 0.3 is 0 Å². The molecule has 6 nitrogen and oxygen atoms in total. The van der Waals surface area contributed by atoms with Crippen LogP contribution in [0.5, 0.6) is 5.75 Å². The maximum atomic E-state index is 13.3. The molecule has 3 heterocycles. The second-order valence-electron chi connectivity index (χ2n) is 8.50. The van der Waals surface area contributed by atoms with Crippen LogP contribution in [0.25, 0.3) is 22.2 Å². The Morgan fingerprint density at radius 3 is 2.47 bits per heavy atom. The highest BCUT2D eigenvalue weighted by Gasteiger charge is 2.23. The Hall–Kier alpha value is -3.93. The molecule has 0 N–H and O–H groups in total. The number of piperazine rings is 1. The normalized spacial score (nSPS) is 13.8. The Morgan fingerprint density at radius 1 is 0.971 bits per heavy atom. The number of hydrogen-bond donors (Lipinski definition) is 0. The van der Waals surface area contributed by atoms with E-state index < -0.39 is 0 Å². The zero-order valence-electron chi connectivity index (χ0n) is 19.6. The van der Waals surface area contributed by atoms with E-state index in [1.165, 1.54) is 5.56 Å². The number of anilines is 1. The van der Waals surface area contributed by atoms with Gasteiger partial charge in [-0.3, -0.25) is 4.79 Å². The number of carbonyl (C=O) groups is 1. The summed E-state index contributed by atoms with van der Waals surface area (Å²) >= 11 is 0. The number of fused-ring (bicyclic) bond motifs is 1. The van der Waals surface area contributed by atoms with Crippen LogP contribution in [0.2, 0.25) is 0 Å². The molecule has 1 fully saturated rings. The molecule has 1 saturated heterocycles. The van der Waals surface area contributed by atoms with Crippen LogP contribution in [0.4, 0.5) is 5.82 Å². The number of aryl methyl sites for hydroxylation is 1. The zero-order valence-corrected chi connectivity index (χ0v) is 19.6. The topological polar surface area (TPSA) is 58.6 Å². The average Bonchev–Trinajstić information content (AvgIpc) is 2.89. The highest BCUT2D eigenvalue weighted by molar-refractivity contribution is 6.00. The van der Waals surface area contributed by atoms with E-state index in [-0.39, 0.29) is 5.91 Å². The van der Waals surface area contributed by atoms with Gasteiger partial charge in [-0.15, -0.1) is 0 Å². The van der Waals surface area contributed by atoms with Crippen molar-refractivity contribution in [3.8, 4) is 17.0 Å². The van der Waals surface area contributed by atoms with Crippen LogP contribution < -0.4 is 9.64 Å². The summed E-state index contributed by atoms with van der Waals surface area (Å²) in [6, 6.07) is 21.9. The van der Waals surface area contributed by atoms with Crippen molar-refractivity contribution in [1.82, 2.24) is 14.9 Å². The number of ether oxygens (including phenoxy) is 1. The molecule has 6 heteroatoms. The van der Waals surface area contributed by atoms with Crippen LogP contribution in [0.1, 0.15) is 22.8 Å². The van der Waals surface area contributed by atoms with Gasteiger partial charge < -0.3 is 14.5 Å². The highest BCUT2D eigenvalue weighted by atomic mass is 16.5. The van der Waals surface area contributed by atoms with E-state index in [4.69, 9.17) is 9.72 Å². The van der Waals surface area contributed by atoms with Gasteiger partial charge in [0.25, 0.3) is 5.91 Å². The maximum absolute atomic E-state index is 13.3. The minimum atomic E-state index is 0.0348. The lowest BCUT2D eigenvalue weighted by Gasteiger charge is -2.35. The molecule has 0 bridgehead atoms. The van der Waals surface area contributed by atoms with Crippen molar-refractivity contribution in [3.05, 3.63) is 84.1 Å². The van der Waals surface area contributed by atoms with Crippen molar-refractivity contribution in [2.45, 2.75) is 13.8 Å². The van der Waals surface area contributed by atoms with E-state index in [0.29, 0.717) is 25.3 Å². The van der Waals surface area contributed by atoms with Crippen LogP contribution in [-0.4, -0.2) is 53.6 Å². The van der Waals surface area contributed by atoms with Gasteiger partial charge in [0.05, 0.1) is 17.8 Å². The molecule has 1 aliphatic heterocycles. The third kappa shape index (κ3) is 4.44. The summed E-state index contributed by atoms with van der Waals surface area (Å²) in [5, 5.41) is 0.857. The first kappa shape index (κ1) is 21.9. The number of rotatable bonds is 5. The van der Waals surface area contributed by atoms with Crippen LogP contribution >= 0.6 is 0 Å². The van der Waals surface area contributed by atoms with E-state index in [2.05, 4.69) is 41.1 Å². The van der Waals surface area contributed by atoms with Crippen molar-refractivity contribution in [2.24, 2.45) is 0 Å². The Balaban J connectivity index is 1.40. The largest absolute Gasteiger partial charge is 0.493 e. The van der Waals surface area contributed by atoms with E-state index in [0.717, 1.165) is 46.8 Å². The fourth-order valence-corrected chi connectivity index (χ4v) is 4.34. The third-order valence-corrected chi connectivity index (χ3v) is 6.21. The summed E-state index contributed by atoms with van der Waals surface area (Å²) in [6.45, 7) is 7.44. The van der Waals surface area contributed by atoms with Crippen LogP contribution in [-0.2, 0) is 0 Å².